The van der Waals surface area contributed by atoms with Gasteiger partial charge in [0.1, 0.15) is 0 Å². The summed E-state index contributed by atoms with van der Waals surface area (Å²) in [5.41, 5.74) is 16.5. The average molecular weight is 912 g/mol. The van der Waals surface area contributed by atoms with Gasteiger partial charge in [0.2, 0.25) is 0 Å². The molecule has 0 saturated heterocycles. The Hall–Kier alpha value is -5.30. The van der Waals surface area contributed by atoms with Gasteiger partial charge in [0.25, 0.3) is 23.6 Å². The van der Waals surface area contributed by atoms with Gasteiger partial charge in [-0.2, -0.15) is 0 Å². The second kappa shape index (κ2) is 22.9. The fourth-order valence-electron chi connectivity index (χ4n) is 8.78. The van der Waals surface area contributed by atoms with Crippen LogP contribution < -0.4 is 11.1 Å². The van der Waals surface area contributed by atoms with Gasteiger partial charge in [-0.05, 0) is 116 Å². The fraction of sp³-hybridized carbons (Fsp3) is 0.346. The molecule has 0 fully saturated rings. The first-order chi connectivity index (χ1) is 30.9. The summed E-state index contributed by atoms with van der Waals surface area (Å²) in [6.07, 6.45) is 6.17. The highest BCUT2D eigenvalue weighted by Gasteiger charge is 2.35. The Morgan fingerprint density at radius 3 is 1.27 bits per heavy atom. The van der Waals surface area contributed by atoms with Gasteiger partial charge < -0.3 is 11.1 Å². The molecular formula is C52H59BrN6O4. The van der Waals surface area contributed by atoms with Crippen LogP contribution in [0.3, 0.4) is 0 Å². The molecule has 5 aromatic carbocycles. The molecule has 328 valence electrons. The van der Waals surface area contributed by atoms with E-state index in [0.717, 1.165) is 83.4 Å². The number of imide groups is 2. The Balaban J connectivity index is 0.000000133. The molecule has 0 spiro atoms. The monoisotopic (exact) mass is 910 g/mol. The van der Waals surface area contributed by atoms with E-state index in [2.05, 4.69) is 104 Å². The molecule has 0 aromatic heterocycles. The molecule has 0 unspecified atom stereocenters. The van der Waals surface area contributed by atoms with E-state index >= 15 is 0 Å². The molecule has 0 bridgehead atoms. The minimum absolute atomic E-state index is 0.153. The van der Waals surface area contributed by atoms with Crippen molar-refractivity contribution in [3.8, 4) is 0 Å². The van der Waals surface area contributed by atoms with Crippen LogP contribution in [-0.4, -0.2) is 101 Å². The van der Waals surface area contributed by atoms with E-state index in [4.69, 9.17) is 5.73 Å². The molecule has 63 heavy (non-hydrogen) atoms. The van der Waals surface area contributed by atoms with Crippen molar-refractivity contribution in [1.29, 1.82) is 0 Å². The predicted octanol–water partition coefficient (Wildman–Crippen LogP) is 7.52. The number of rotatable bonds is 10. The van der Waals surface area contributed by atoms with Gasteiger partial charge in [-0.3, -0.25) is 38.8 Å². The molecule has 0 atom stereocenters. The van der Waals surface area contributed by atoms with Crippen molar-refractivity contribution in [3.05, 3.63) is 177 Å². The molecule has 3 N–H and O–H groups in total. The molecule has 5 aliphatic heterocycles. The number of hydrogen-bond donors (Lipinski definition) is 2. The van der Waals surface area contributed by atoms with Crippen molar-refractivity contribution in [1.82, 2.24) is 24.9 Å². The molecule has 0 aliphatic carbocycles. The largest absolute Gasteiger partial charge is 0.330 e. The lowest BCUT2D eigenvalue weighted by molar-refractivity contribution is 0.0634. The number of fused-ring (bicyclic) bond motifs is 5. The second-order valence-corrected chi connectivity index (χ2v) is 17.2. The maximum Gasteiger partial charge on any atom is 0.261 e. The molecular weight excluding hydrogens is 853 g/mol. The number of halogens is 1. The van der Waals surface area contributed by atoms with E-state index in [1.807, 2.05) is 0 Å². The Labute approximate surface area is 380 Å². The van der Waals surface area contributed by atoms with E-state index in [1.165, 1.54) is 62.6 Å². The van der Waals surface area contributed by atoms with E-state index in [0.29, 0.717) is 35.3 Å². The maximum atomic E-state index is 12.3. The van der Waals surface area contributed by atoms with E-state index in [9.17, 15) is 19.2 Å². The van der Waals surface area contributed by atoms with Gasteiger partial charge in [-0.25, -0.2) is 0 Å². The summed E-state index contributed by atoms with van der Waals surface area (Å²) in [7, 11) is 0. The summed E-state index contributed by atoms with van der Waals surface area (Å²) >= 11 is 3.28. The number of carbonyl (C=O) groups is 4. The van der Waals surface area contributed by atoms with Crippen LogP contribution in [0.25, 0.3) is 0 Å². The third kappa shape index (κ3) is 11.6. The summed E-state index contributed by atoms with van der Waals surface area (Å²) in [6.45, 7) is 10.3. The minimum atomic E-state index is -0.170. The molecule has 0 saturated carbocycles. The van der Waals surface area contributed by atoms with Crippen LogP contribution >= 0.6 is 15.9 Å². The van der Waals surface area contributed by atoms with Gasteiger partial charge >= 0.3 is 0 Å². The number of nitrogens with zero attached hydrogens (tertiary/aromatic N) is 4. The SMILES string of the molecule is NCCCN1CCc2ccccc2C1.O=C1c2ccccc2C(=O)N1CCCBr.O=C1c2ccccc2C(=O)N1CCCN1CCc2ccccc2C1.c1ccc2c(c1)CCNC2. The second-order valence-electron chi connectivity index (χ2n) is 16.4. The summed E-state index contributed by atoms with van der Waals surface area (Å²) in [5.74, 6) is -0.646. The highest BCUT2D eigenvalue weighted by Crippen LogP contribution is 2.25. The summed E-state index contributed by atoms with van der Waals surface area (Å²) in [6, 6.07) is 40.0. The van der Waals surface area contributed by atoms with Crippen molar-refractivity contribution in [3.63, 3.8) is 0 Å². The van der Waals surface area contributed by atoms with Crippen LogP contribution in [0.5, 0.6) is 0 Å². The number of alkyl halides is 1. The van der Waals surface area contributed by atoms with Crippen LogP contribution in [-0.2, 0) is 38.9 Å². The lowest BCUT2D eigenvalue weighted by Crippen LogP contribution is -2.35. The van der Waals surface area contributed by atoms with Crippen molar-refractivity contribution in [2.45, 2.75) is 58.2 Å². The van der Waals surface area contributed by atoms with Crippen LogP contribution in [0.4, 0.5) is 0 Å². The van der Waals surface area contributed by atoms with Gasteiger partial charge in [-0.1, -0.05) is 113 Å². The van der Waals surface area contributed by atoms with Gasteiger partial charge in [0, 0.05) is 57.7 Å². The van der Waals surface area contributed by atoms with E-state index < -0.39 is 0 Å². The van der Waals surface area contributed by atoms with Crippen LogP contribution in [0, 0.1) is 0 Å². The van der Waals surface area contributed by atoms with E-state index in [1.54, 1.807) is 48.5 Å². The lowest BCUT2D eigenvalue weighted by Gasteiger charge is -2.29. The number of nitrogens with one attached hydrogen (secondary N) is 1. The number of amides is 4. The topological polar surface area (TPSA) is 119 Å². The zero-order valence-corrected chi connectivity index (χ0v) is 37.7. The standard InChI is InChI=1S/C20H20N2O2.C12H18N2.C11H10BrNO2.C9H11N/c23-19-17-8-3-4-9-18(17)20(24)22(19)12-5-11-21-13-10-15-6-1-2-7-16(15)14-21;13-7-3-8-14-9-6-11-4-1-2-5-12(11)10-14;12-6-3-7-13-10(14)8-4-1-2-5-9(8)11(13)15;1-2-4-9-7-10-6-5-8(9)3-1/h1-4,6-9H,5,10-14H2;1-2,4-5H,3,6-10,13H2;1-2,4-5H,3,6-7H2;1-4,10H,5-7H2. The van der Waals surface area contributed by atoms with Crippen molar-refractivity contribution in [2.24, 2.45) is 5.73 Å². The Morgan fingerprint density at radius 1 is 0.460 bits per heavy atom. The molecule has 11 heteroatoms. The fourth-order valence-corrected chi connectivity index (χ4v) is 9.03. The summed E-state index contributed by atoms with van der Waals surface area (Å²) in [5, 5.41) is 4.13. The molecule has 10 nitrogen and oxygen atoms in total. The van der Waals surface area contributed by atoms with Gasteiger partial charge in [0.05, 0.1) is 22.3 Å². The first kappa shape index (κ1) is 45.7. The third-order valence-corrected chi connectivity index (χ3v) is 12.8. The molecule has 5 aliphatic rings. The van der Waals surface area contributed by atoms with Crippen LogP contribution in [0.1, 0.15) is 94.1 Å². The maximum absolute atomic E-state index is 12.3. The quantitative estimate of drug-likeness (QED) is 0.109. The Kier molecular flexibility index (Phi) is 16.6. The third-order valence-electron chi connectivity index (χ3n) is 12.2. The number of carbonyl (C=O) groups excluding carboxylic acids is 4. The van der Waals surface area contributed by atoms with Crippen molar-refractivity contribution in [2.75, 3.05) is 57.7 Å². The zero-order valence-electron chi connectivity index (χ0n) is 36.2. The normalized spacial score (nSPS) is 16.3. The molecule has 0 radical (unpaired) electrons. The number of nitrogens with two attached hydrogens (primary N) is 1. The number of hydrogen-bond acceptors (Lipinski definition) is 8. The lowest BCUT2D eigenvalue weighted by atomic mass is 10.00. The molecule has 5 aromatic rings. The first-order valence-electron chi connectivity index (χ1n) is 22.4. The average Bonchev–Trinajstić information content (AvgIpc) is 3.73. The highest BCUT2D eigenvalue weighted by atomic mass is 79.9. The number of benzene rings is 5. The Bertz CT molecular complexity index is 2270. The van der Waals surface area contributed by atoms with Crippen LogP contribution in [0.15, 0.2) is 121 Å². The predicted molar refractivity (Wildman–Crippen MR) is 253 cm³/mol. The van der Waals surface area contributed by atoms with E-state index in [-0.39, 0.29) is 23.6 Å². The summed E-state index contributed by atoms with van der Waals surface area (Å²) < 4.78 is 0. The van der Waals surface area contributed by atoms with Crippen molar-refractivity contribution >= 4 is 39.6 Å². The first-order valence-corrected chi connectivity index (χ1v) is 23.5. The molecule has 5 heterocycles. The minimum Gasteiger partial charge on any atom is -0.330 e. The van der Waals surface area contributed by atoms with Gasteiger partial charge in [-0.15, -0.1) is 0 Å². The van der Waals surface area contributed by atoms with Crippen molar-refractivity contribution < 1.29 is 19.2 Å². The Morgan fingerprint density at radius 2 is 0.841 bits per heavy atom. The summed E-state index contributed by atoms with van der Waals surface area (Å²) in [4.78, 5) is 55.9. The smallest absolute Gasteiger partial charge is 0.261 e. The zero-order chi connectivity index (χ0) is 44.0. The molecule has 10 rings (SSSR count). The van der Waals surface area contributed by atoms with Gasteiger partial charge in [0.15, 0.2) is 0 Å². The highest BCUT2D eigenvalue weighted by molar-refractivity contribution is 9.09. The van der Waals surface area contributed by atoms with Crippen LogP contribution in [0.2, 0.25) is 0 Å². The molecule has 4 amide bonds.